The highest BCUT2D eigenvalue weighted by Gasteiger charge is 2.07. The summed E-state index contributed by atoms with van der Waals surface area (Å²) in [5.74, 6) is 0.149. The topological polar surface area (TPSA) is 78.0 Å². The van der Waals surface area contributed by atoms with Crippen LogP contribution in [0.25, 0.3) is 0 Å². The quantitative estimate of drug-likeness (QED) is 0.759. The summed E-state index contributed by atoms with van der Waals surface area (Å²) in [5.41, 5.74) is 2.62. The van der Waals surface area contributed by atoms with Gasteiger partial charge in [0.1, 0.15) is 5.75 Å². The minimum atomic E-state index is -0.0710. The van der Waals surface area contributed by atoms with E-state index in [0.29, 0.717) is 6.54 Å². The van der Waals surface area contributed by atoms with Crippen molar-refractivity contribution < 1.29 is 9.90 Å². The van der Waals surface area contributed by atoms with Gasteiger partial charge in [-0.05, 0) is 24.6 Å². The van der Waals surface area contributed by atoms with E-state index in [0.717, 1.165) is 17.0 Å². The van der Waals surface area contributed by atoms with Gasteiger partial charge in [0.15, 0.2) is 0 Å². The average molecular weight is 245 g/mol. The first-order chi connectivity index (χ1) is 8.65. The Morgan fingerprint density at radius 3 is 2.72 bits per heavy atom. The summed E-state index contributed by atoms with van der Waals surface area (Å²) in [6.07, 6.45) is 1.85. The number of hydrogen-bond donors (Lipinski definition) is 3. The van der Waals surface area contributed by atoms with E-state index in [2.05, 4.69) is 15.3 Å². The molecule has 2 rings (SSSR count). The Hall–Kier alpha value is -2.30. The fourth-order valence-electron chi connectivity index (χ4n) is 1.59. The molecule has 0 spiro atoms. The predicted octanol–water partition coefficient (Wildman–Crippen LogP) is 1.28. The minimum Gasteiger partial charge on any atom is -0.508 e. The van der Waals surface area contributed by atoms with E-state index in [4.69, 9.17) is 5.11 Å². The third-order valence-electron chi connectivity index (χ3n) is 2.69. The van der Waals surface area contributed by atoms with Gasteiger partial charge in [-0.25, -0.2) is 4.98 Å². The molecule has 0 atom stereocenters. The molecule has 0 aliphatic heterocycles. The van der Waals surface area contributed by atoms with Crippen LogP contribution >= 0.6 is 0 Å². The van der Waals surface area contributed by atoms with Gasteiger partial charge < -0.3 is 15.4 Å². The maximum absolute atomic E-state index is 11.7. The maximum Gasteiger partial charge on any atom is 0.226 e. The summed E-state index contributed by atoms with van der Waals surface area (Å²) in [4.78, 5) is 18.7. The van der Waals surface area contributed by atoms with Crippen LogP contribution in [-0.2, 0) is 17.8 Å². The van der Waals surface area contributed by atoms with Gasteiger partial charge in [-0.3, -0.25) is 4.79 Å². The smallest absolute Gasteiger partial charge is 0.226 e. The number of aromatic amines is 1. The van der Waals surface area contributed by atoms with Crippen molar-refractivity contribution >= 4 is 5.91 Å². The monoisotopic (exact) mass is 245 g/mol. The second kappa shape index (κ2) is 5.35. The normalized spacial score (nSPS) is 10.3. The molecule has 5 heteroatoms. The number of phenolic OH excluding ortho intramolecular Hbond substituents is 1. The van der Waals surface area contributed by atoms with Crippen LogP contribution in [0.4, 0.5) is 0 Å². The molecule has 0 fully saturated rings. The Balaban J connectivity index is 1.85. The highest BCUT2D eigenvalue weighted by Crippen LogP contribution is 2.09. The molecule has 94 valence electrons. The molecule has 0 saturated heterocycles. The molecule has 0 bridgehead atoms. The lowest BCUT2D eigenvalue weighted by atomic mass is 10.2. The lowest BCUT2D eigenvalue weighted by Gasteiger charge is -2.05. The van der Waals surface area contributed by atoms with Crippen LogP contribution in [0.1, 0.15) is 17.0 Å². The van der Waals surface area contributed by atoms with Crippen molar-refractivity contribution in [3.05, 3.63) is 47.5 Å². The van der Waals surface area contributed by atoms with Gasteiger partial charge in [-0.2, -0.15) is 0 Å². The minimum absolute atomic E-state index is 0.0710. The largest absolute Gasteiger partial charge is 0.508 e. The van der Waals surface area contributed by atoms with E-state index < -0.39 is 0 Å². The number of benzene rings is 1. The van der Waals surface area contributed by atoms with Crippen LogP contribution in [0, 0.1) is 6.92 Å². The molecular weight excluding hydrogens is 230 g/mol. The number of aryl methyl sites for hydroxylation is 1. The lowest BCUT2D eigenvalue weighted by Crippen LogP contribution is -2.24. The Bertz CT molecular complexity index is 531. The Kier molecular flexibility index (Phi) is 3.62. The summed E-state index contributed by atoms with van der Waals surface area (Å²) in [6, 6.07) is 6.74. The lowest BCUT2D eigenvalue weighted by molar-refractivity contribution is -0.120. The van der Waals surface area contributed by atoms with Gasteiger partial charge in [0.2, 0.25) is 5.91 Å². The van der Waals surface area contributed by atoms with Crippen molar-refractivity contribution in [3.63, 3.8) is 0 Å². The number of hydrogen-bond acceptors (Lipinski definition) is 3. The van der Waals surface area contributed by atoms with Crippen LogP contribution in [0.3, 0.4) is 0 Å². The predicted molar refractivity (Wildman–Crippen MR) is 67.0 cm³/mol. The first kappa shape index (κ1) is 12.2. The fraction of sp³-hybridized carbons (Fsp3) is 0.231. The van der Waals surface area contributed by atoms with Gasteiger partial charge >= 0.3 is 0 Å². The van der Waals surface area contributed by atoms with E-state index in [1.165, 1.54) is 0 Å². The molecular formula is C13H15N3O2. The number of amides is 1. The van der Waals surface area contributed by atoms with Crippen LogP contribution < -0.4 is 5.32 Å². The SMILES string of the molecule is Cc1[nH]cnc1CC(=O)NCc1ccc(O)cc1. The zero-order valence-corrected chi connectivity index (χ0v) is 10.1. The van der Waals surface area contributed by atoms with E-state index in [1.807, 2.05) is 6.92 Å². The first-order valence-electron chi connectivity index (χ1n) is 5.68. The number of nitrogens with one attached hydrogen (secondary N) is 2. The van der Waals surface area contributed by atoms with Gasteiger partial charge in [0, 0.05) is 12.2 Å². The van der Waals surface area contributed by atoms with Gasteiger partial charge in [-0.1, -0.05) is 12.1 Å². The molecule has 1 aromatic carbocycles. The summed E-state index contributed by atoms with van der Waals surface area (Å²) in [7, 11) is 0. The van der Waals surface area contributed by atoms with Crippen molar-refractivity contribution in [2.75, 3.05) is 0 Å². The number of aromatic hydroxyl groups is 1. The van der Waals surface area contributed by atoms with E-state index in [-0.39, 0.29) is 18.1 Å². The second-order valence-corrected chi connectivity index (χ2v) is 4.09. The Morgan fingerprint density at radius 1 is 1.39 bits per heavy atom. The van der Waals surface area contributed by atoms with Crippen LogP contribution in [0.5, 0.6) is 5.75 Å². The summed E-state index contributed by atoms with van der Waals surface area (Å²) < 4.78 is 0. The summed E-state index contributed by atoms with van der Waals surface area (Å²) in [6.45, 7) is 2.33. The van der Waals surface area contributed by atoms with Crippen molar-refractivity contribution in [3.8, 4) is 5.75 Å². The Labute approximate surface area is 105 Å². The number of H-pyrrole nitrogens is 1. The van der Waals surface area contributed by atoms with Gasteiger partial charge in [-0.15, -0.1) is 0 Å². The third-order valence-corrected chi connectivity index (χ3v) is 2.69. The van der Waals surface area contributed by atoms with Crippen molar-refractivity contribution in [1.82, 2.24) is 15.3 Å². The number of carbonyl (C=O) groups is 1. The van der Waals surface area contributed by atoms with Crippen LogP contribution in [0.2, 0.25) is 0 Å². The summed E-state index contributed by atoms with van der Waals surface area (Å²) in [5, 5.41) is 11.9. The molecule has 2 aromatic rings. The van der Waals surface area contributed by atoms with Crippen LogP contribution in [-0.4, -0.2) is 21.0 Å². The standard InChI is InChI=1S/C13H15N3O2/c1-9-12(16-8-15-9)6-13(18)14-7-10-2-4-11(17)5-3-10/h2-5,8,17H,6-7H2,1H3,(H,14,18)(H,15,16). The van der Waals surface area contributed by atoms with E-state index in [9.17, 15) is 4.79 Å². The molecule has 5 nitrogen and oxygen atoms in total. The molecule has 1 amide bonds. The number of carbonyl (C=O) groups excluding carboxylic acids is 1. The number of aromatic nitrogens is 2. The molecule has 3 N–H and O–H groups in total. The van der Waals surface area contributed by atoms with Gasteiger partial charge in [0.25, 0.3) is 0 Å². The molecule has 1 aromatic heterocycles. The summed E-state index contributed by atoms with van der Waals surface area (Å²) >= 11 is 0. The second-order valence-electron chi connectivity index (χ2n) is 4.09. The highest BCUT2D eigenvalue weighted by atomic mass is 16.3. The molecule has 1 heterocycles. The fourth-order valence-corrected chi connectivity index (χ4v) is 1.59. The van der Waals surface area contributed by atoms with E-state index in [1.54, 1.807) is 30.6 Å². The average Bonchev–Trinajstić information content (AvgIpc) is 2.74. The molecule has 0 unspecified atom stereocenters. The number of nitrogens with zero attached hydrogens (tertiary/aromatic N) is 1. The maximum atomic E-state index is 11.7. The van der Waals surface area contributed by atoms with Crippen molar-refractivity contribution in [2.45, 2.75) is 19.9 Å². The van der Waals surface area contributed by atoms with Crippen LogP contribution in [0.15, 0.2) is 30.6 Å². The number of rotatable bonds is 4. The zero-order valence-electron chi connectivity index (χ0n) is 10.1. The number of imidazole rings is 1. The van der Waals surface area contributed by atoms with Gasteiger partial charge in [0.05, 0.1) is 18.4 Å². The zero-order chi connectivity index (χ0) is 13.0. The van der Waals surface area contributed by atoms with Crippen molar-refractivity contribution in [1.29, 1.82) is 0 Å². The molecule has 0 aliphatic rings. The first-order valence-corrected chi connectivity index (χ1v) is 5.68. The number of phenols is 1. The molecule has 18 heavy (non-hydrogen) atoms. The molecule has 0 aliphatic carbocycles. The Morgan fingerprint density at radius 2 is 2.11 bits per heavy atom. The van der Waals surface area contributed by atoms with E-state index >= 15 is 0 Å². The molecule has 0 saturated carbocycles. The highest BCUT2D eigenvalue weighted by molar-refractivity contribution is 5.78. The molecule has 0 radical (unpaired) electrons. The van der Waals surface area contributed by atoms with Crippen molar-refractivity contribution in [2.24, 2.45) is 0 Å². The third kappa shape index (κ3) is 3.10.